The van der Waals surface area contributed by atoms with E-state index in [0.29, 0.717) is 34.2 Å². The third-order valence-corrected chi connectivity index (χ3v) is 4.96. The van der Waals surface area contributed by atoms with Gasteiger partial charge >= 0.3 is 5.97 Å². The van der Waals surface area contributed by atoms with Crippen molar-refractivity contribution >= 4 is 46.8 Å². The summed E-state index contributed by atoms with van der Waals surface area (Å²) in [7, 11) is 1.74. The molecule has 1 N–H and O–H groups in total. The summed E-state index contributed by atoms with van der Waals surface area (Å²) in [5, 5.41) is 12.3. The first-order valence-corrected chi connectivity index (χ1v) is 9.52. The Morgan fingerprint density at radius 2 is 2.08 bits per heavy atom. The van der Waals surface area contributed by atoms with E-state index in [2.05, 4.69) is 15.5 Å². The lowest BCUT2D eigenvalue weighted by atomic mass is 10.2. The van der Waals surface area contributed by atoms with Gasteiger partial charge < -0.3 is 14.6 Å². The van der Waals surface area contributed by atoms with Crippen LogP contribution in [-0.4, -0.2) is 39.0 Å². The van der Waals surface area contributed by atoms with Gasteiger partial charge in [0.15, 0.2) is 5.16 Å². The number of rotatable bonds is 8. The number of hydrogen-bond acceptors (Lipinski definition) is 6. The number of ether oxygens (including phenoxy) is 1. The Balaban J connectivity index is 1.83. The van der Waals surface area contributed by atoms with Crippen molar-refractivity contribution in [3.05, 3.63) is 39.6 Å². The fourth-order valence-electron chi connectivity index (χ4n) is 2.01. The van der Waals surface area contributed by atoms with Gasteiger partial charge in [-0.25, -0.2) is 0 Å². The van der Waals surface area contributed by atoms with Crippen molar-refractivity contribution in [2.75, 3.05) is 12.4 Å². The smallest absolute Gasteiger partial charge is 0.313 e. The van der Waals surface area contributed by atoms with Crippen molar-refractivity contribution in [1.82, 2.24) is 20.1 Å². The molecule has 0 fully saturated rings. The first-order chi connectivity index (χ1) is 12.4. The molecule has 10 heteroatoms. The molecule has 1 aromatic carbocycles. The number of halogens is 2. The molecule has 0 aliphatic rings. The Bertz CT molecular complexity index is 798. The van der Waals surface area contributed by atoms with Gasteiger partial charge in [0.2, 0.25) is 5.91 Å². The van der Waals surface area contributed by atoms with Crippen molar-refractivity contribution in [2.45, 2.75) is 25.0 Å². The van der Waals surface area contributed by atoms with Crippen LogP contribution >= 0.6 is 35.0 Å². The second-order valence-electron chi connectivity index (χ2n) is 5.24. The van der Waals surface area contributed by atoms with Gasteiger partial charge in [-0.15, -0.1) is 10.2 Å². The third-order valence-electron chi connectivity index (χ3n) is 3.36. The summed E-state index contributed by atoms with van der Waals surface area (Å²) in [6.45, 7) is 2.37. The summed E-state index contributed by atoms with van der Waals surface area (Å²) in [6, 6.07) is 5.11. The number of aromatic nitrogens is 3. The van der Waals surface area contributed by atoms with Crippen LogP contribution < -0.4 is 5.32 Å². The number of hydrogen-bond donors (Lipinski definition) is 1. The maximum atomic E-state index is 12.0. The average molecular weight is 417 g/mol. The van der Waals surface area contributed by atoms with Crippen LogP contribution in [0.15, 0.2) is 23.4 Å². The first kappa shape index (κ1) is 20.5. The molecule has 2 rings (SSSR count). The highest BCUT2D eigenvalue weighted by Crippen LogP contribution is 2.21. The van der Waals surface area contributed by atoms with Crippen molar-refractivity contribution < 1.29 is 14.3 Å². The van der Waals surface area contributed by atoms with Gasteiger partial charge in [0.25, 0.3) is 0 Å². The molecule has 2 aromatic rings. The Labute approximate surface area is 165 Å². The molecule has 26 heavy (non-hydrogen) atoms. The minimum Gasteiger partial charge on any atom is -0.466 e. The summed E-state index contributed by atoms with van der Waals surface area (Å²) in [5.41, 5.74) is 0.782. The van der Waals surface area contributed by atoms with Crippen molar-refractivity contribution in [1.29, 1.82) is 0 Å². The minimum atomic E-state index is -0.364. The number of benzene rings is 1. The summed E-state index contributed by atoms with van der Waals surface area (Å²) in [5.74, 6) is 0.115. The van der Waals surface area contributed by atoms with Crippen LogP contribution in [-0.2, 0) is 34.3 Å². The summed E-state index contributed by atoms with van der Waals surface area (Å²) >= 11 is 13.1. The minimum absolute atomic E-state index is 0.0408. The van der Waals surface area contributed by atoms with E-state index in [4.69, 9.17) is 27.9 Å². The molecule has 0 atom stereocenters. The summed E-state index contributed by atoms with van der Waals surface area (Å²) < 4.78 is 6.56. The van der Waals surface area contributed by atoms with E-state index in [1.807, 2.05) is 0 Å². The highest BCUT2D eigenvalue weighted by molar-refractivity contribution is 7.99. The second kappa shape index (κ2) is 9.80. The molecule has 0 unspecified atom stereocenters. The van der Waals surface area contributed by atoms with E-state index in [1.165, 1.54) is 11.8 Å². The molecule has 0 radical (unpaired) electrons. The van der Waals surface area contributed by atoms with E-state index >= 15 is 0 Å². The number of nitrogens with zero attached hydrogens (tertiary/aromatic N) is 3. The monoisotopic (exact) mass is 416 g/mol. The number of carbonyl (C=O) groups is 2. The first-order valence-electron chi connectivity index (χ1n) is 7.78. The van der Waals surface area contributed by atoms with E-state index < -0.39 is 0 Å². The highest BCUT2D eigenvalue weighted by atomic mass is 35.5. The van der Waals surface area contributed by atoms with Gasteiger partial charge in [-0.3, -0.25) is 9.59 Å². The van der Waals surface area contributed by atoms with Gasteiger partial charge in [-0.1, -0.05) is 41.0 Å². The molecule has 0 saturated carbocycles. The standard InChI is InChI=1S/C16H18Cl2N4O3S/c1-3-25-15(24)7-13-20-21-16(22(13)2)26-9-14(23)19-8-10-4-5-11(17)6-12(10)18/h4-6H,3,7-9H2,1-2H3,(H,19,23). The number of nitrogens with one attached hydrogen (secondary N) is 1. The third kappa shape index (κ3) is 5.89. The molecule has 1 aromatic heterocycles. The predicted octanol–water partition coefficient (Wildman–Crippen LogP) is 2.64. The lowest BCUT2D eigenvalue weighted by molar-refractivity contribution is -0.142. The van der Waals surface area contributed by atoms with Crippen LogP contribution in [0.2, 0.25) is 10.0 Å². The zero-order chi connectivity index (χ0) is 19.1. The fourth-order valence-corrected chi connectivity index (χ4v) is 3.24. The lowest BCUT2D eigenvalue weighted by Gasteiger charge is -2.07. The van der Waals surface area contributed by atoms with Gasteiger partial charge in [0.05, 0.1) is 12.4 Å². The second-order valence-corrected chi connectivity index (χ2v) is 7.03. The van der Waals surface area contributed by atoms with Gasteiger partial charge in [-0.2, -0.15) is 0 Å². The van der Waals surface area contributed by atoms with Crippen LogP contribution in [0.5, 0.6) is 0 Å². The number of amides is 1. The Hall–Kier alpha value is -1.77. The number of carbonyl (C=O) groups excluding carboxylic acids is 2. The van der Waals surface area contributed by atoms with Crippen LogP contribution in [0, 0.1) is 0 Å². The van der Waals surface area contributed by atoms with E-state index in [0.717, 1.165) is 5.56 Å². The molecule has 7 nitrogen and oxygen atoms in total. The largest absolute Gasteiger partial charge is 0.466 e. The molecule has 0 saturated heterocycles. The van der Waals surface area contributed by atoms with Gasteiger partial charge in [0, 0.05) is 23.6 Å². The maximum absolute atomic E-state index is 12.0. The molecule has 0 aliphatic carbocycles. The van der Waals surface area contributed by atoms with Gasteiger partial charge in [0.1, 0.15) is 12.2 Å². The van der Waals surface area contributed by atoms with Crippen LogP contribution in [0.3, 0.4) is 0 Å². The number of esters is 1. The Kier molecular flexibility index (Phi) is 7.74. The summed E-state index contributed by atoms with van der Waals surface area (Å²) in [4.78, 5) is 23.5. The van der Waals surface area contributed by atoms with Crippen LogP contribution in [0.25, 0.3) is 0 Å². The lowest BCUT2D eigenvalue weighted by Crippen LogP contribution is -2.24. The maximum Gasteiger partial charge on any atom is 0.313 e. The Morgan fingerprint density at radius 1 is 1.31 bits per heavy atom. The van der Waals surface area contributed by atoms with E-state index in [1.54, 1.807) is 36.7 Å². The van der Waals surface area contributed by atoms with Crippen molar-refractivity contribution in [3.63, 3.8) is 0 Å². The molecular formula is C16H18Cl2N4O3S. The molecule has 1 heterocycles. The SMILES string of the molecule is CCOC(=O)Cc1nnc(SCC(=O)NCc2ccc(Cl)cc2Cl)n1C. The zero-order valence-corrected chi connectivity index (χ0v) is 16.6. The molecular weight excluding hydrogens is 399 g/mol. The van der Waals surface area contributed by atoms with E-state index in [-0.39, 0.29) is 24.1 Å². The quantitative estimate of drug-likeness (QED) is 0.525. The molecule has 0 aliphatic heterocycles. The number of thioether (sulfide) groups is 1. The average Bonchev–Trinajstić information content (AvgIpc) is 2.92. The molecule has 0 bridgehead atoms. The van der Waals surface area contributed by atoms with Crippen molar-refractivity contribution in [2.24, 2.45) is 7.05 Å². The highest BCUT2D eigenvalue weighted by Gasteiger charge is 2.15. The zero-order valence-electron chi connectivity index (χ0n) is 14.3. The van der Waals surface area contributed by atoms with Gasteiger partial charge in [-0.05, 0) is 24.6 Å². The predicted molar refractivity (Wildman–Crippen MR) is 100 cm³/mol. The van der Waals surface area contributed by atoms with Crippen molar-refractivity contribution in [3.8, 4) is 0 Å². The normalized spacial score (nSPS) is 10.6. The molecule has 0 spiro atoms. The summed E-state index contributed by atoms with van der Waals surface area (Å²) in [6.07, 6.45) is 0.0408. The fraction of sp³-hybridized carbons (Fsp3) is 0.375. The molecule has 1 amide bonds. The molecule has 140 valence electrons. The van der Waals surface area contributed by atoms with E-state index in [9.17, 15) is 9.59 Å². The topological polar surface area (TPSA) is 86.1 Å². The Morgan fingerprint density at radius 3 is 2.77 bits per heavy atom. The van der Waals surface area contributed by atoms with Crippen LogP contribution in [0.4, 0.5) is 0 Å². The van der Waals surface area contributed by atoms with Crippen LogP contribution in [0.1, 0.15) is 18.3 Å².